The van der Waals surface area contributed by atoms with E-state index in [0.717, 1.165) is 11.1 Å². The molecule has 0 spiro atoms. The Labute approximate surface area is 185 Å². The number of hydrogen-bond donors (Lipinski definition) is 1. The highest BCUT2D eigenvalue weighted by Crippen LogP contribution is 2.28. The predicted octanol–water partition coefficient (Wildman–Crippen LogP) is 3.83. The number of nitrogens with one attached hydrogen (secondary N) is 1. The zero-order chi connectivity index (χ0) is 22.8. The number of carbonyl (C=O) groups excluding carboxylic acids is 2. The molecule has 1 N–H and O–H groups in total. The fourth-order valence-corrected chi connectivity index (χ4v) is 3.25. The molecule has 168 valence electrons. The molecule has 0 unspecified atom stereocenters. The Balaban J connectivity index is 2.12. The molecule has 2 aromatic rings. The van der Waals surface area contributed by atoms with Crippen molar-refractivity contribution in [1.82, 2.24) is 10.2 Å². The van der Waals surface area contributed by atoms with Gasteiger partial charge in [0, 0.05) is 19.5 Å². The molecule has 0 radical (unpaired) electrons. The lowest BCUT2D eigenvalue weighted by atomic mass is 10.1. The van der Waals surface area contributed by atoms with E-state index in [1.54, 1.807) is 26.0 Å². The normalized spacial score (nSPS) is 11.7. The highest BCUT2D eigenvalue weighted by Gasteiger charge is 2.26. The van der Waals surface area contributed by atoms with E-state index < -0.39 is 6.04 Å². The molecule has 0 saturated carbocycles. The Kier molecular flexibility index (Phi) is 9.38. The second-order valence-electron chi connectivity index (χ2n) is 8.01. The minimum Gasteiger partial charge on any atom is -0.493 e. The van der Waals surface area contributed by atoms with Gasteiger partial charge in [0.1, 0.15) is 6.04 Å². The molecule has 0 bridgehead atoms. The zero-order valence-corrected chi connectivity index (χ0v) is 19.2. The van der Waals surface area contributed by atoms with E-state index in [-0.39, 0.29) is 11.8 Å². The number of hydrogen-bond acceptors (Lipinski definition) is 4. The van der Waals surface area contributed by atoms with Crippen LogP contribution < -0.4 is 14.8 Å². The van der Waals surface area contributed by atoms with Gasteiger partial charge in [0.15, 0.2) is 11.5 Å². The van der Waals surface area contributed by atoms with Crippen LogP contribution in [0.1, 0.15) is 38.3 Å². The molecule has 6 nitrogen and oxygen atoms in total. The Bertz CT molecular complexity index is 852. The van der Waals surface area contributed by atoms with Gasteiger partial charge in [-0.3, -0.25) is 9.59 Å². The summed E-state index contributed by atoms with van der Waals surface area (Å²) in [6.07, 6.45) is 0.842. The van der Waals surface area contributed by atoms with Gasteiger partial charge in [-0.05, 0) is 42.5 Å². The van der Waals surface area contributed by atoms with Crippen LogP contribution in [0.5, 0.6) is 11.5 Å². The minimum absolute atomic E-state index is 0.0640. The molecule has 1 atom stereocenters. The van der Waals surface area contributed by atoms with Crippen LogP contribution in [0.3, 0.4) is 0 Å². The van der Waals surface area contributed by atoms with Crippen molar-refractivity contribution in [3.63, 3.8) is 0 Å². The summed E-state index contributed by atoms with van der Waals surface area (Å²) in [5.74, 6) is 1.43. The summed E-state index contributed by atoms with van der Waals surface area (Å²) in [5, 5.41) is 2.94. The maximum absolute atomic E-state index is 13.2. The fourth-order valence-electron chi connectivity index (χ4n) is 3.25. The molecule has 0 fully saturated rings. The van der Waals surface area contributed by atoms with Crippen molar-refractivity contribution in [1.29, 1.82) is 0 Å². The Morgan fingerprint density at radius 2 is 1.61 bits per heavy atom. The third kappa shape index (κ3) is 7.31. The lowest BCUT2D eigenvalue weighted by Crippen LogP contribution is -2.48. The van der Waals surface area contributed by atoms with Crippen LogP contribution in [0.25, 0.3) is 0 Å². The van der Waals surface area contributed by atoms with Crippen molar-refractivity contribution >= 4 is 11.8 Å². The standard InChI is InChI=1S/C25H34N2O4/c1-18(2)16-26-25(29)19(3)27(17-21-9-7-6-8-10-21)24(28)14-12-20-11-13-22(30-4)23(15-20)31-5/h6-11,13,15,18-19H,12,14,16-17H2,1-5H3,(H,26,29)/t19-/m0/s1. The minimum atomic E-state index is -0.558. The largest absolute Gasteiger partial charge is 0.493 e. The van der Waals surface area contributed by atoms with E-state index >= 15 is 0 Å². The van der Waals surface area contributed by atoms with E-state index in [2.05, 4.69) is 5.32 Å². The first-order valence-corrected chi connectivity index (χ1v) is 10.7. The molecule has 6 heteroatoms. The summed E-state index contributed by atoms with van der Waals surface area (Å²) in [7, 11) is 3.18. The van der Waals surface area contributed by atoms with Gasteiger partial charge in [0.25, 0.3) is 0 Å². The topological polar surface area (TPSA) is 67.9 Å². The number of ether oxygens (including phenoxy) is 2. The molecule has 2 amide bonds. The van der Waals surface area contributed by atoms with Gasteiger partial charge in [-0.15, -0.1) is 0 Å². The number of aryl methyl sites for hydroxylation is 1. The van der Waals surface area contributed by atoms with Crippen molar-refractivity contribution in [3.05, 3.63) is 59.7 Å². The van der Waals surface area contributed by atoms with E-state index in [1.807, 2.05) is 62.4 Å². The van der Waals surface area contributed by atoms with Gasteiger partial charge in [0.05, 0.1) is 14.2 Å². The number of carbonyl (C=O) groups is 2. The molecule has 0 aromatic heterocycles. The maximum atomic E-state index is 13.2. The molecule has 0 heterocycles. The molecule has 2 rings (SSSR count). The molecule has 0 saturated heterocycles. The summed E-state index contributed by atoms with van der Waals surface area (Å²) < 4.78 is 10.6. The quantitative estimate of drug-likeness (QED) is 0.593. The average Bonchev–Trinajstić information content (AvgIpc) is 2.79. The van der Waals surface area contributed by atoms with Crippen LogP contribution in [0.15, 0.2) is 48.5 Å². The average molecular weight is 427 g/mol. The SMILES string of the molecule is COc1ccc(CCC(=O)N(Cc2ccccc2)[C@@H](C)C(=O)NCC(C)C)cc1OC. The van der Waals surface area contributed by atoms with Crippen LogP contribution in [-0.2, 0) is 22.6 Å². The lowest BCUT2D eigenvalue weighted by Gasteiger charge is -2.29. The first-order chi connectivity index (χ1) is 14.8. The maximum Gasteiger partial charge on any atom is 0.242 e. The third-order valence-corrected chi connectivity index (χ3v) is 5.12. The fraction of sp³-hybridized carbons (Fsp3) is 0.440. The number of methoxy groups -OCH3 is 2. The molecule has 31 heavy (non-hydrogen) atoms. The monoisotopic (exact) mass is 426 g/mol. The summed E-state index contributed by atoms with van der Waals surface area (Å²) in [4.78, 5) is 27.5. The summed E-state index contributed by atoms with van der Waals surface area (Å²) in [6, 6.07) is 14.8. The van der Waals surface area contributed by atoms with Crippen molar-refractivity contribution in [2.45, 2.75) is 46.2 Å². The van der Waals surface area contributed by atoms with Crippen molar-refractivity contribution < 1.29 is 19.1 Å². The van der Waals surface area contributed by atoms with E-state index in [9.17, 15) is 9.59 Å². The second kappa shape index (κ2) is 12.0. The smallest absolute Gasteiger partial charge is 0.242 e. The second-order valence-corrected chi connectivity index (χ2v) is 8.01. The van der Waals surface area contributed by atoms with Crippen LogP contribution in [0.4, 0.5) is 0 Å². The van der Waals surface area contributed by atoms with Gasteiger partial charge < -0.3 is 19.7 Å². The Morgan fingerprint density at radius 3 is 2.23 bits per heavy atom. The van der Waals surface area contributed by atoms with Crippen molar-refractivity contribution in [2.24, 2.45) is 5.92 Å². The van der Waals surface area contributed by atoms with Gasteiger partial charge in [-0.1, -0.05) is 50.2 Å². The predicted molar refractivity (Wildman–Crippen MR) is 122 cm³/mol. The first-order valence-electron chi connectivity index (χ1n) is 10.7. The molecular formula is C25H34N2O4. The van der Waals surface area contributed by atoms with Crippen LogP contribution in [-0.4, -0.2) is 43.5 Å². The number of amides is 2. The Hall–Kier alpha value is -3.02. The van der Waals surface area contributed by atoms with Gasteiger partial charge in [0.2, 0.25) is 11.8 Å². The van der Waals surface area contributed by atoms with E-state index in [0.29, 0.717) is 43.3 Å². The molecular weight excluding hydrogens is 392 g/mol. The highest BCUT2D eigenvalue weighted by atomic mass is 16.5. The number of nitrogens with zero attached hydrogens (tertiary/aromatic N) is 1. The van der Waals surface area contributed by atoms with Gasteiger partial charge in [-0.2, -0.15) is 0 Å². The van der Waals surface area contributed by atoms with Crippen LogP contribution in [0, 0.1) is 5.92 Å². The molecule has 0 aliphatic rings. The van der Waals surface area contributed by atoms with Gasteiger partial charge >= 0.3 is 0 Å². The first kappa shape index (κ1) is 24.3. The van der Waals surface area contributed by atoms with Crippen molar-refractivity contribution in [2.75, 3.05) is 20.8 Å². The molecule has 2 aromatic carbocycles. The van der Waals surface area contributed by atoms with Crippen molar-refractivity contribution in [3.8, 4) is 11.5 Å². The Morgan fingerprint density at radius 1 is 0.935 bits per heavy atom. The van der Waals surface area contributed by atoms with Gasteiger partial charge in [-0.25, -0.2) is 0 Å². The number of rotatable bonds is 11. The summed E-state index contributed by atoms with van der Waals surface area (Å²) >= 11 is 0. The highest BCUT2D eigenvalue weighted by molar-refractivity contribution is 5.87. The lowest BCUT2D eigenvalue weighted by molar-refractivity contribution is -0.140. The van der Waals surface area contributed by atoms with Crippen LogP contribution in [0.2, 0.25) is 0 Å². The van der Waals surface area contributed by atoms with Crippen LogP contribution >= 0.6 is 0 Å². The molecule has 0 aliphatic carbocycles. The summed E-state index contributed by atoms with van der Waals surface area (Å²) in [6.45, 7) is 6.85. The molecule has 0 aliphatic heterocycles. The van der Waals surface area contributed by atoms with E-state index in [1.165, 1.54) is 0 Å². The number of benzene rings is 2. The third-order valence-electron chi connectivity index (χ3n) is 5.12. The zero-order valence-electron chi connectivity index (χ0n) is 19.2. The van der Waals surface area contributed by atoms with E-state index in [4.69, 9.17) is 9.47 Å². The summed E-state index contributed by atoms with van der Waals surface area (Å²) in [5.41, 5.74) is 1.97.